The molecule has 0 aliphatic carbocycles. The zero-order chi connectivity index (χ0) is 40.0. The van der Waals surface area contributed by atoms with Crippen molar-refractivity contribution in [2.45, 2.75) is 56.8 Å². The van der Waals surface area contributed by atoms with Crippen molar-refractivity contribution in [1.29, 1.82) is 0 Å². The van der Waals surface area contributed by atoms with Crippen LogP contribution in [0.1, 0.15) is 49.6 Å². The van der Waals surface area contributed by atoms with Crippen molar-refractivity contribution in [3.05, 3.63) is 112 Å². The molecular weight excluding hydrogens is 726 g/mol. The predicted octanol–water partition coefficient (Wildman–Crippen LogP) is 4.43. The number of hydrogen-bond acceptors (Lipinski definition) is 12. The number of aromatic amines is 1. The van der Waals surface area contributed by atoms with E-state index in [1.807, 2.05) is 78.9 Å². The average Bonchev–Trinajstić information content (AvgIpc) is 3.79. The van der Waals surface area contributed by atoms with Gasteiger partial charge in [-0.1, -0.05) is 68.4 Å². The lowest BCUT2D eigenvalue weighted by molar-refractivity contribution is -0.156. The number of H-pyrrole nitrogens is 1. The number of amides is 1. The second-order valence-electron chi connectivity index (χ2n) is 13.3. The minimum absolute atomic E-state index is 0.0258. The maximum absolute atomic E-state index is 13.2. The number of methoxy groups -OCH3 is 3. The minimum atomic E-state index is -1.37. The van der Waals surface area contributed by atoms with Gasteiger partial charge in [0.15, 0.2) is 17.4 Å². The number of carboxylic acids is 1. The number of aromatic nitrogens is 4. The number of nitrogens with one attached hydrogen (secondary N) is 2. The number of nitrogens with zero attached hydrogens (tertiary/aromatic N) is 3. The predicted molar refractivity (Wildman–Crippen MR) is 201 cm³/mol. The summed E-state index contributed by atoms with van der Waals surface area (Å²) < 4.78 is 38.3. The molecule has 294 valence electrons. The van der Waals surface area contributed by atoms with E-state index in [-0.39, 0.29) is 36.0 Å². The van der Waals surface area contributed by atoms with Crippen LogP contribution in [0, 0.1) is 5.92 Å². The fraction of sp³-hybridized carbons (Fsp3) is 0.350. The summed E-state index contributed by atoms with van der Waals surface area (Å²) in [5, 5.41) is 11.8. The Bertz CT molecular complexity index is 2160. The first-order valence-corrected chi connectivity index (χ1v) is 17.8. The molecule has 4 atom stereocenters. The Morgan fingerprint density at radius 1 is 0.893 bits per heavy atom. The number of esters is 1. The lowest BCUT2D eigenvalue weighted by Gasteiger charge is -2.40. The number of anilines is 1. The van der Waals surface area contributed by atoms with Gasteiger partial charge in [0.1, 0.15) is 42.0 Å². The van der Waals surface area contributed by atoms with Crippen LogP contribution in [0.25, 0.3) is 11.2 Å². The Hall–Kier alpha value is -6.10. The normalized spacial score (nSPS) is 18.2. The molecule has 0 bridgehead atoms. The first-order chi connectivity index (χ1) is 27.0. The van der Waals surface area contributed by atoms with E-state index in [0.717, 1.165) is 5.56 Å². The highest BCUT2D eigenvalue weighted by Gasteiger charge is 2.53. The highest BCUT2D eigenvalue weighted by molar-refractivity contribution is 5.91. The monoisotopic (exact) mass is 769 g/mol. The van der Waals surface area contributed by atoms with E-state index in [4.69, 9.17) is 33.5 Å². The molecule has 1 fully saturated rings. The topological polar surface area (TPSA) is 202 Å². The largest absolute Gasteiger partial charge is 0.497 e. The van der Waals surface area contributed by atoms with E-state index in [2.05, 4.69) is 20.3 Å². The van der Waals surface area contributed by atoms with Crippen molar-refractivity contribution >= 4 is 35.0 Å². The third-order valence-corrected chi connectivity index (χ3v) is 9.47. The second kappa shape index (κ2) is 17.1. The summed E-state index contributed by atoms with van der Waals surface area (Å²) in [5.41, 5.74) is 0.232. The summed E-state index contributed by atoms with van der Waals surface area (Å²) in [4.78, 5) is 61.1. The van der Waals surface area contributed by atoms with Gasteiger partial charge in [0.25, 0.3) is 5.56 Å². The standard InChI is InChI=1S/C40H43N5O11/c1-23(2)36(49)43-39-42-35-32(37(50)44-39)41-22-45(35)38-34(53-5)33(29(55-38)21-54-31(48)20-19-30(46)47)56-40(24-9-7-6-8-10-24,25-11-15-27(51-3)16-12-25)26-13-17-28(52-4)18-14-26/h6-18,22-23,29,33-34,38H,19-21H2,1-5H3,(H,46,47)(H2,42,43,44,49,50)/t29-,33-,34-,38-/m1/s1. The molecule has 3 heterocycles. The van der Waals surface area contributed by atoms with Crippen LogP contribution in [-0.4, -0.2) is 88.7 Å². The number of carbonyl (C=O) groups excluding carboxylic acids is 2. The van der Waals surface area contributed by atoms with Crippen LogP contribution in [0.4, 0.5) is 5.95 Å². The van der Waals surface area contributed by atoms with Gasteiger partial charge in [-0.05, 0) is 41.0 Å². The summed E-state index contributed by atoms with van der Waals surface area (Å²) >= 11 is 0. The zero-order valence-corrected chi connectivity index (χ0v) is 31.5. The molecule has 56 heavy (non-hydrogen) atoms. The van der Waals surface area contributed by atoms with E-state index in [1.165, 1.54) is 18.0 Å². The summed E-state index contributed by atoms with van der Waals surface area (Å²) in [6, 6.07) is 24.3. The van der Waals surface area contributed by atoms with Crippen molar-refractivity contribution in [2.75, 3.05) is 33.3 Å². The number of fused-ring (bicyclic) bond motifs is 1. The van der Waals surface area contributed by atoms with E-state index in [1.54, 1.807) is 28.1 Å². The Balaban J connectivity index is 1.51. The van der Waals surface area contributed by atoms with E-state index < -0.39 is 60.0 Å². The van der Waals surface area contributed by atoms with Crippen molar-refractivity contribution in [2.24, 2.45) is 5.92 Å². The van der Waals surface area contributed by atoms with Crippen molar-refractivity contribution in [3.8, 4) is 11.5 Å². The van der Waals surface area contributed by atoms with Gasteiger partial charge in [0.2, 0.25) is 11.9 Å². The molecule has 3 N–H and O–H groups in total. The fourth-order valence-corrected chi connectivity index (χ4v) is 6.58. The molecule has 0 unspecified atom stereocenters. The SMILES string of the molecule is COc1ccc(C(O[C@H]2[C@@H](OC)[C@H](n3cnc4c(=O)[nH]c(NC(=O)C(C)C)nc43)O[C@@H]2COC(=O)CCC(=O)O)(c2ccccc2)c2ccc(OC)cc2)cc1. The Morgan fingerprint density at radius 2 is 1.50 bits per heavy atom. The van der Waals surface area contributed by atoms with Gasteiger partial charge in [0, 0.05) is 13.0 Å². The third kappa shape index (κ3) is 8.12. The smallest absolute Gasteiger partial charge is 0.306 e. The van der Waals surface area contributed by atoms with Crippen molar-refractivity contribution in [3.63, 3.8) is 0 Å². The van der Waals surface area contributed by atoms with Gasteiger partial charge < -0.3 is 33.5 Å². The van der Waals surface area contributed by atoms with Crippen LogP contribution >= 0.6 is 0 Å². The highest BCUT2D eigenvalue weighted by atomic mass is 16.6. The van der Waals surface area contributed by atoms with Crippen LogP contribution in [0.3, 0.4) is 0 Å². The van der Waals surface area contributed by atoms with Crippen LogP contribution in [-0.2, 0) is 38.9 Å². The molecule has 1 aliphatic rings. The van der Waals surface area contributed by atoms with E-state index >= 15 is 0 Å². The number of ether oxygens (including phenoxy) is 6. The lowest BCUT2D eigenvalue weighted by atomic mass is 9.79. The van der Waals surface area contributed by atoms with Crippen LogP contribution in [0.2, 0.25) is 0 Å². The zero-order valence-electron chi connectivity index (χ0n) is 31.5. The molecule has 1 amide bonds. The lowest BCUT2D eigenvalue weighted by Crippen LogP contribution is -2.46. The van der Waals surface area contributed by atoms with Gasteiger partial charge in [0.05, 0.1) is 33.4 Å². The van der Waals surface area contributed by atoms with Crippen molar-refractivity contribution < 1.29 is 47.9 Å². The number of benzene rings is 3. The number of carboxylic acid groups (broad SMARTS) is 1. The number of hydrogen-bond donors (Lipinski definition) is 3. The van der Waals surface area contributed by atoms with Crippen LogP contribution in [0.15, 0.2) is 90.0 Å². The molecule has 1 aliphatic heterocycles. The van der Waals surface area contributed by atoms with E-state index in [9.17, 15) is 19.2 Å². The summed E-state index contributed by atoms with van der Waals surface area (Å²) in [6.07, 6.45) is -3.51. The molecular formula is C40H43N5O11. The number of imidazole rings is 1. The Kier molecular flexibility index (Phi) is 12.1. The Morgan fingerprint density at radius 3 is 2.05 bits per heavy atom. The van der Waals surface area contributed by atoms with Crippen LogP contribution in [0.5, 0.6) is 11.5 Å². The molecule has 0 radical (unpaired) electrons. The molecule has 16 nitrogen and oxygen atoms in total. The average molecular weight is 770 g/mol. The molecule has 2 aromatic heterocycles. The van der Waals surface area contributed by atoms with E-state index in [0.29, 0.717) is 22.6 Å². The van der Waals surface area contributed by atoms with Gasteiger partial charge >= 0.3 is 11.9 Å². The number of aliphatic carboxylic acids is 1. The summed E-state index contributed by atoms with van der Waals surface area (Å²) in [7, 11) is 4.62. The van der Waals surface area contributed by atoms with Crippen molar-refractivity contribution in [1.82, 2.24) is 19.5 Å². The minimum Gasteiger partial charge on any atom is -0.497 e. The first kappa shape index (κ1) is 39.6. The molecule has 16 heteroatoms. The third-order valence-electron chi connectivity index (χ3n) is 9.47. The molecule has 1 saturated heterocycles. The summed E-state index contributed by atoms with van der Waals surface area (Å²) in [6.45, 7) is 3.05. The van der Waals surface area contributed by atoms with Gasteiger partial charge in [-0.3, -0.25) is 34.0 Å². The molecule has 3 aromatic carbocycles. The quantitative estimate of drug-likeness (QED) is 0.0941. The van der Waals surface area contributed by atoms with Gasteiger partial charge in [-0.2, -0.15) is 4.98 Å². The molecule has 5 aromatic rings. The molecule has 6 rings (SSSR count). The van der Waals surface area contributed by atoms with Gasteiger partial charge in [-0.15, -0.1) is 0 Å². The molecule has 0 saturated carbocycles. The first-order valence-electron chi connectivity index (χ1n) is 17.8. The second-order valence-corrected chi connectivity index (χ2v) is 13.3. The summed E-state index contributed by atoms with van der Waals surface area (Å²) in [5.74, 6) is -1.51. The number of carbonyl (C=O) groups is 3. The fourth-order valence-electron chi connectivity index (χ4n) is 6.58. The Labute approximate surface area is 321 Å². The van der Waals surface area contributed by atoms with Gasteiger partial charge in [-0.25, -0.2) is 4.98 Å². The number of rotatable bonds is 16. The molecule has 0 spiro atoms. The van der Waals surface area contributed by atoms with Crippen LogP contribution < -0.4 is 20.3 Å². The highest BCUT2D eigenvalue weighted by Crippen LogP contribution is 2.46. The maximum atomic E-state index is 13.2. The maximum Gasteiger partial charge on any atom is 0.306 e.